The second-order valence-electron chi connectivity index (χ2n) is 3.93. The molecule has 1 aromatic rings. The summed E-state index contributed by atoms with van der Waals surface area (Å²) in [6, 6.07) is 2.17. The summed E-state index contributed by atoms with van der Waals surface area (Å²) < 4.78 is 26.6. The smallest absolute Gasteiger partial charge is 0.220 e. The first-order valence-electron chi connectivity index (χ1n) is 5.24. The van der Waals surface area contributed by atoms with Crippen LogP contribution in [-0.2, 0) is 4.79 Å². The number of carbonyl (C=O) groups is 1. The molecule has 1 fully saturated rings. The molecule has 1 aliphatic heterocycles. The molecule has 1 heterocycles. The van der Waals surface area contributed by atoms with Gasteiger partial charge in [-0.1, -0.05) is 0 Å². The Bertz CT molecular complexity index is 453. The Morgan fingerprint density at radius 3 is 2.82 bits per heavy atom. The summed E-state index contributed by atoms with van der Waals surface area (Å²) in [7, 11) is 0. The fourth-order valence-electron chi connectivity index (χ4n) is 1.72. The van der Waals surface area contributed by atoms with E-state index in [-0.39, 0.29) is 22.1 Å². The number of carbonyl (C=O) groups excluding carboxylic acids is 1. The molecule has 0 aliphatic carbocycles. The number of halogens is 3. The largest absolute Gasteiger partial charge is 0.381 e. The van der Waals surface area contributed by atoms with E-state index in [4.69, 9.17) is 0 Å². The highest BCUT2D eigenvalue weighted by molar-refractivity contribution is 9.10. The summed E-state index contributed by atoms with van der Waals surface area (Å²) in [5.74, 6) is -1.27. The van der Waals surface area contributed by atoms with E-state index in [1.54, 1.807) is 0 Å². The normalized spacial score (nSPS) is 19.2. The van der Waals surface area contributed by atoms with E-state index in [9.17, 15) is 13.6 Å². The lowest BCUT2D eigenvalue weighted by atomic mass is 10.2. The molecule has 17 heavy (non-hydrogen) atoms. The molecule has 0 bridgehead atoms. The van der Waals surface area contributed by atoms with Gasteiger partial charge in [0.2, 0.25) is 5.91 Å². The van der Waals surface area contributed by atoms with E-state index >= 15 is 0 Å². The number of hydrogen-bond acceptors (Lipinski definition) is 2. The molecular formula is C11H11BrF2N2O. The quantitative estimate of drug-likeness (QED) is 0.842. The first kappa shape index (κ1) is 12.3. The number of rotatable bonds is 3. The zero-order valence-electron chi connectivity index (χ0n) is 8.90. The number of anilines is 1. The van der Waals surface area contributed by atoms with Crippen LogP contribution in [0.4, 0.5) is 14.5 Å². The van der Waals surface area contributed by atoms with Gasteiger partial charge in [-0.3, -0.25) is 4.79 Å². The first-order chi connectivity index (χ1) is 8.06. The number of hydrogen-bond donors (Lipinski definition) is 2. The molecule has 0 saturated carbocycles. The van der Waals surface area contributed by atoms with Crippen LogP contribution < -0.4 is 10.6 Å². The van der Waals surface area contributed by atoms with Crippen molar-refractivity contribution in [2.45, 2.75) is 18.9 Å². The van der Waals surface area contributed by atoms with Crippen LogP contribution in [0.1, 0.15) is 12.8 Å². The molecule has 1 atom stereocenters. The van der Waals surface area contributed by atoms with E-state index in [0.29, 0.717) is 13.0 Å². The molecule has 6 heteroatoms. The Morgan fingerprint density at radius 1 is 1.41 bits per heavy atom. The lowest BCUT2D eigenvalue weighted by Gasteiger charge is -2.13. The van der Waals surface area contributed by atoms with Gasteiger partial charge >= 0.3 is 0 Å². The average Bonchev–Trinajstić information content (AvgIpc) is 2.68. The van der Waals surface area contributed by atoms with Crippen LogP contribution in [0, 0.1) is 11.6 Å². The molecule has 3 nitrogen and oxygen atoms in total. The lowest BCUT2D eigenvalue weighted by Crippen LogP contribution is -2.32. The minimum absolute atomic E-state index is 0.00530. The van der Waals surface area contributed by atoms with Crippen LogP contribution in [0.5, 0.6) is 0 Å². The van der Waals surface area contributed by atoms with Gasteiger partial charge in [0.25, 0.3) is 0 Å². The van der Waals surface area contributed by atoms with Crippen LogP contribution in [0.3, 0.4) is 0 Å². The van der Waals surface area contributed by atoms with Gasteiger partial charge in [-0.2, -0.15) is 0 Å². The van der Waals surface area contributed by atoms with Gasteiger partial charge in [0.05, 0.1) is 10.2 Å². The molecule has 1 saturated heterocycles. The molecule has 2 N–H and O–H groups in total. The average molecular weight is 305 g/mol. The van der Waals surface area contributed by atoms with Crippen LogP contribution >= 0.6 is 15.9 Å². The highest BCUT2D eigenvalue weighted by Gasteiger charge is 2.20. The molecule has 0 spiro atoms. The Kier molecular flexibility index (Phi) is 3.61. The molecule has 0 radical (unpaired) electrons. The standard InChI is InChI=1S/C11H11BrF2N2O/c12-7-3-10(9(14)4-8(7)13)15-5-6-1-2-11(17)16-6/h3-4,6,15H,1-2,5H2,(H,16,17). The van der Waals surface area contributed by atoms with E-state index in [0.717, 1.165) is 12.5 Å². The predicted octanol–water partition coefficient (Wildman–Crippen LogP) is 2.42. The summed E-state index contributed by atoms with van der Waals surface area (Å²) in [6.07, 6.45) is 1.23. The van der Waals surface area contributed by atoms with Crippen LogP contribution in [-0.4, -0.2) is 18.5 Å². The molecule has 1 amide bonds. The van der Waals surface area contributed by atoms with Gasteiger partial charge < -0.3 is 10.6 Å². The molecular weight excluding hydrogens is 294 g/mol. The van der Waals surface area contributed by atoms with Gasteiger partial charge in [-0.05, 0) is 28.4 Å². The fraction of sp³-hybridized carbons (Fsp3) is 0.364. The predicted molar refractivity (Wildman–Crippen MR) is 63.7 cm³/mol. The molecule has 0 aromatic heterocycles. The maximum absolute atomic E-state index is 13.4. The summed E-state index contributed by atoms with van der Waals surface area (Å²) >= 11 is 2.99. The summed E-state index contributed by atoms with van der Waals surface area (Å²) in [6.45, 7) is 0.431. The Hall–Kier alpha value is -1.17. The summed E-state index contributed by atoms with van der Waals surface area (Å²) in [5.41, 5.74) is 0.222. The zero-order valence-corrected chi connectivity index (χ0v) is 10.5. The van der Waals surface area contributed by atoms with Crippen molar-refractivity contribution < 1.29 is 13.6 Å². The van der Waals surface area contributed by atoms with Crippen molar-refractivity contribution in [3.05, 3.63) is 28.2 Å². The van der Waals surface area contributed by atoms with Gasteiger partial charge in [0.1, 0.15) is 11.6 Å². The van der Waals surface area contributed by atoms with Gasteiger partial charge in [-0.15, -0.1) is 0 Å². The summed E-state index contributed by atoms with van der Waals surface area (Å²) in [5, 5.41) is 5.62. The molecule has 92 valence electrons. The van der Waals surface area contributed by atoms with Crippen molar-refractivity contribution >= 4 is 27.5 Å². The summed E-state index contributed by atoms with van der Waals surface area (Å²) in [4.78, 5) is 11.0. The van der Waals surface area contributed by atoms with Crippen molar-refractivity contribution in [2.75, 3.05) is 11.9 Å². The van der Waals surface area contributed by atoms with Crippen molar-refractivity contribution in [2.24, 2.45) is 0 Å². The molecule has 2 rings (SSSR count). The maximum atomic E-state index is 13.4. The van der Waals surface area contributed by atoms with Crippen LogP contribution in [0.25, 0.3) is 0 Å². The van der Waals surface area contributed by atoms with Crippen molar-refractivity contribution in [1.82, 2.24) is 5.32 Å². The molecule has 1 aliphatic rings. The highest BCUT2D eigenvalue weighted by Crippen LogP contribution is 2.23. The van der Waals surface area contributed by atoms with Crippen molar-refractivity contribution in [1.29, 1.82) is 0 Å². The van der Waals surface area contributed by atoms with E-state index in [1.165, 1.54) is 6.07 Å². The third-order valence-electron chi connectivity index (χ3n) is 2.63. The number of benzene rings is 1. The minimum atomic E-state index is -0.643. The monoisotopic (exact) mass is 304 g/mol. The Balaban J connectivity index is 1.99. The van der Waals surface area contributed by atoms with Crippen LogP contribution in [0.15, 0.2) is 16.6 Å². The second-order valence-corrected chi connectivity index (χ2v) is 4.78. The van der Waals surface area contributed by atoms with Gasteiger partial charge in [0, 0.05) is 25.1 Å². The van der Waals surface area contributed by atoms with Crippen molar-refractivity contribution in [3.8, 4) is 0 Å². The lowest BCUT2D eigenvalue weighted by molar-refractivity contribution is -0.119. The van der Waals surface area contributed by atoms with E-state index in [1.807, 2.05) is 0 Å². The van der Waals surface area contributed by atoms with Crippen molar-refractivity contribution in [3.63, 3.8) is 0 Å². The van der Waals surface area contributed by atoms with E-state index in [2.05, 4.69) is 26.6 Å². The Morgan fingerprint density at radius 2 is 2.18 bits per heavy atom. The zero-order chi connectivity index (χ0) is 12.4. The minimum Gasteiger partial charge on any atom is -0.381 e. The third kappa shape index (κ3) is 2.94. The molecule has 1 aromatic carbocycles. The molecule has 1 unspecified atom stereocenters. The Labute approximate surface area is 106 Å². The van der Waals surface area contributed by atoms with E-state index < -0.39 is 11.6 Å². The number of nitrogens with one attached hydrogen (secondary N) is 2. The first-order valence-corrected chi connectivity index (χ1v) is 6.03. The second kappa shape index (κ2) is 5.00. The number of amides is 1. The topological polar surface area (TPSA) is 41.1 Å². The van der Waals surface area contributed by atoms with Crippen LogP contribution in [0.2, 0.25) is 0 Å². The maximum Gasteiger partial charge on any atom is 0.220 e. The van der Waals surface area contributed by atoms with Gasteiger partial charge in [0.15, 0.2) is 0 Å². The highest BCUT2D eigenvalue weighted by atomic mass is 79.9. The third-order valence-corrected chi connectivity index (χ3v) is 3.24. The van der Waals surface area contributed by atoms with Gasteiger partial charge in [-0.25, -0.2) is 8.78 Å². The SMILES string of the molecule is O=C1CCC(CNc2cc(Br)c(F)cc2F)N1. The fourth-order valence-corrected chi connectivity index (χ4v) is 2.06.